The van der Waals surface area contributed by atoms with Crippen LogP contribution in [-0.4, -0.2) is 18.2 Å². The molecule has 5 heteroatoms. The second-order valence-corrected chi connectivity index (χ2v) is 5.52. The first-order valence-electron chi connectivity index (χ1n) is 6.32. The van der Waals surface area contributed by atoms with Gasteiger partial charge in [-0.15, -0.1) is 0 Å². The van der Waals surface area contributed by atoms with Gasteiger partial charge in [-0.2, -0.15) is 0 Å². The van der Waals surface area contributed by atoms with Gasteiger partial charge in [0.05, 0.1) is 13.0 Å². The van der Waals surface area contributed by atoms with E-state index in [1.165, 1.54) is 24.3 Å². The molecule has 0 saturated carbocycles. The molecule has 2 aromatic carbocycles. The molecule has 0 aromatic heterocycles. The van der Waals surface area contributed by atoms with Gasteiger partial charge in [0.25, 0.3) is 0 Å². The van der Waals surface area contributed by atoms with Gasteiger partial charge in [0.15, 0.2) is 0 Å². The summed E-state index contributed by atoms with van der Waals surface area (Å²) < 4.78 is 19.1. The molecule has 0 aliphatic rings. The lowest BCUT2D eigenvalue weighted by Crippen LogP contribution is -2.15. The summed E-state index contributed by atoms with van der Waals surface area (Å²) in [6.45, 7) is 0. The zero-order valence-corrected chi connectivity index (χ0v) is 12.9. The smallest absolute Gasteiger partial charge is 0.311 e. The van der Waals surface area contributed by atoms with Crippen molar-refractivity contribution in [1.82, 2.24) is 0 Å². The number of methoxy groups -OCH3 is 1. The SMILES string of the molecule is COc1ccc(Br)cc1CC(C(=O)O)c1ccc(F)cc1. The Morgan fingerprint density at radius 1 is 1.29 bits per heavy atom. The van der Waals surface area contributed by atoms with Crippen molar-refractivity contribution in [3.63, 3.8) is 0 Å². The largest absolute Gasteiger partial charge is 0.496 e. The van der Waals surface area contributed by atoms with E-state index >= 15 is 0 Å². The fourth-order valence-electron chi connectivity index (χ4n) is 2.17. The van der Waals surface area contributed by atoms with Gasteiger partial charge in [0.1, 0.15) is 11.6 Å². The van der Waals surface area contributed by atoms with Crippen LogP contribution in [0.15, 0.2) is 46.9 Å². The second-order valence-electron chi connectivity index (χ2n) is 4.60. The van der Waals surface area contributed by atoms with E-state index in [1.807, 2.05) is 12.1 Å². The Hall–Kier alpha value is -1.88. The van der Waals surface area contributed by atoms with Crippen LogP contribution in [-0.2, 0) is 11.2 Å². The Kier molecular flexibility index (Phi) is 4.96. The summed E-state index contributed by atoms with van der Waals surface area (Å²) in [5.74, 6) is -1.47. The van der Waals surface area contributed by atoms with Crippen LogP contribution in [0, 0.1) is 5.82 Å². The molecule has 0 radical (unpaired) electrons. The van der Waals surface area contributed by atoms with E-state index < -0.39 is 11.9 Å². The van der Waals surface area contributed by atoms with Crippen LogP contribution in [0.25, 0.3) is 0 Å². The van der Waals surface area contributed by atoms with Gasteiger partial charge < -0.3 is 9.84 Å². The van der Waals surface area contributed by atoms with Crippen molar-refractivity contribution in [2.24, 2.45) is 0 Å². The summed E-state index contributed by atoms with van der Waals surface area (Å²) in [6, 6.07) is 11.0. The van der Waals surface area contributed by atoms with Crippen LogP contribution in [0.1, 0.15) is 17.0 Å². The van der Waals surface area contributed by atoms with Crippen molar-refractivity contribution >= 4 is 21.9 Å². The molecule has 0 aliphatic heterocycles. The summed E-state index contributed by atoms with van der Waals surface area (Å²) in [5.41, 5.74) is 1.34. The molecule has 0 amide bonds. The average Bonchev–Trinajstić information content (AvgIpc) is 2.46. The highest BCUT2D eigenvalue weighted by Gasteiger charge is 2.22. The summed E-state index contributed by atoms with van der Waals surface area (Å²) in [5, 5.41) is 9.44. The topological polar surface area (TPSA) is 46.5 Å². The lowest BCUT2D eigenvalue weighted by Gasteiger charge is -2.15. The third kappa shape index (κ3) is 3.82. The predicted octanol–water partition coefficient (Wildman–Crippen LogP) is 4.01. The number of hydrogen-bond donors (Lipinski definition) is 1. The van der Waals surface area contributed by atoms with Gasteiger partial charge in [0.2, 0.25) is 0 Å². The molecule has 1 N–H and O–H groups in total. The van der Waals surface area contributed by atoms with Crippen molar-refractivity contribution < 1.29 is 19.0 Å². The van der Waals surface area contributed by atoms with Gasteiger partial charge in [-0.3, -0.25) is 4.79 Å². The van der Waals surface area contributed by atoms with E-state index in [0.29, 0.717) is 11.3 Å². The normalized spacial score (nSPS) is 12.0. The van der Waals surface area contributed by atoms with Crippen molar-refractivity contribution in [2.75, 3.05) is 7.11 Å². The predicted molar refractivity (Wildman–Crippen MR) is 81.2 cm³/mol. The van der Waals surface area contributed by atoms with Crippen molar-refractivity contribution in [3.8, 4) is 5.75 Å². The number of carboxylic acids is 1. The lowest BCUT2D eigenvalue weighted by molar-refractivity contribution is -0.138. The Morgan fingerprint density at radius 3 is 2.52 bits per heavy atom. The number of carbonyl (C=O) groups is 1. The minimum absolute atomic E-state index is 0.267. The molecule has 0 heterocycles. The van der Waals surface area contributed by atoms with Crippen LogP contribution in [0.3, 0.4) is 0 Å². The number of rotatable bonds is 5. The molecule has 110 valence electrons. The highest BCUT2D eigenvalue weighted by molar-refractivity contribution is 9.10. The first-order chi connectivity index (χ1) is 10.0. The lowest BCUT2D eigenvalue weighted by atomic mass is 9.91. The molecule has 0 saturated heterocycles. The third-order valence-corrected chi connectivity index (χ3v) is 3.73. The van der Waals surface area contributed by atoms with E-state index in [-0.39, 0.29) is 12.2 Å². The maximum Gasteiger partial charge on any atom is 0.311 e. The van der Waals surface area contributed by atoms with E-state index in [9.17, 15) is 14.3 Å². The molecule has 1 atom stereocenters. The summed E-state index contributed by atoms with van der Waals surface area (Å²) >= 11 is 3.37. The van der Waals surface area contributed by atoms with Gasteiger partial charge in [-0.1, -0.05) is 28.1 Å². The fourth-order valence-corrected chi connectivity index (χ4v) is 2.58. The van der Waals surface area contributed by atoms with Crippen molar-refractivity contribution in [3.05, 3.63) is 63.9 Å². The number of benzene rings is 2. The van der Waals surface area contributed by atoms with Crippen molar-refractivity contribution in [1.29, 1.82) is 0 Å². The molecule has 3 nitrogen and oxygen atoms in total. The quantitative estimate of drug-likeness (QED) is 0.884. The zero-order chi connectivity index (χ0) is 15.4. The number of halogens is 2. The molecule has 0 spiro atoms. The van der Waals surface area contributed by atoms with E-state index in [1.54, 1.807) is 13.2 Å². The molecule has 2 aromatic rings. The molecule has 2 rings (SSSR count). The Labute approximate surface area is 130 Å². The summed E-state index contributed by atoms with van der Waals surface area (Å²) in [4.78, 5) is 11.5. The number of aliphatic carboxylic acids is 1. The number of ether oxygens (including phenoxy) is 1. The average molecular weight is 353 g/mol. The van der Waals surface area contributed by atoms with E-state index in [2.05, 4.69) is 15.9 Å². The van der Waals surface area contributed by atoms with Gasteiger partial charge in [-0.25, -0.2) is 4.39 Å². The maximum atomic E-state index is 13.0. The van der Waals surface area contributed by atoms with Crippen LogP contribution in [0.4, 0.5) is 4.39 Å². The highest BCUT2D eigenvalue weighted by atomic mass is 79.9. The molecule has 0 bridgehead atoms. The van der Waals surface area contributed by atoms with Crippen LogP contribution in [0.5, 0.6) is 5.75 Å². The minimum Gasteiger partial charge on any atom is -0.496 e. The van der Waals surface area contributed by atoms with Crippen LogP contribution in [0.2, 0.25) is 0 Å². The summed E-state index contributed by atoms with van der Waals surface area (Å²) in [6.07, 6.45) is 0.267. The Balaban J connectivity index is 2.35. The van der Waals surface area contributed by atoms with Crippen molar-refractivity contribution in [2.45, 2.75) is 12.3 Å². The van der Waals surface area contributed by atoms with E-state index in [0.717, 1.165) is 10.0 Å². The Morgan fingerprint density at radius 2 is 1.95 bits per heavy atom. The molecule has 0 fully saturated rings. The number of hydrogen-bond acceptors (Lipinski definition) is 2. The minimum atomic E-state index is -0.955. The van der Waals surface area contributed by atoms with Crippen LogP contribution >= 0.6 is 15.9 Å². The highest BCUT2D eigenvalue weighted by Crippen LogP contribution is 2.29. The monoisotopic (exact) mass is 352 g/mol. The first-order valence-corrected chi connectivity index (χ1v) is 7.11. The van der Waals surface area contributed by atoms with Gasteiger partial charge in [-0.05, 0) is 47.9 Å². The van der Waals surface area contributed by atoms with Gasteiger partial charge in [0, 0.05) is 4.47 Å². The second kappa shape index (κ2) is 6.72. The maximum absolute atomic E-state index is 13.0. The van der Waals surface area contributed by atoms with Gasteiger partial charge >= 0.3 is 5.97 Å². The van der Waals surface area contributed by atoms with E-state index in [4.69, 9.17) is 4.74 Å². The first kappa shape index (κ1) is 15.5. The third-order valence-electron chi connectivity index (χ3n) is 3.24. The Bertz CT molecular complexity index is 640. The zero-order valence-electron chi connectivity index (χ0n) is 11.3. The summed E-state index contributed by atoms with van der Waals surface area (Å²) in [7, 11) is 1.54. The standard InChI is InChI=1S/C16H14BrFO3/c1-21-15-7-4-12(17)8-11(15)9-14(16(19)20)10-2-5-13(18)6-3-10/h2-8,14H,9H2,1H3,(H,19,20). The van der Waals surface area contributed by atoms with Crippen LogP contribution < -0.4 is 4.74 Å². The molecule has 21 heavy (non-hydrogen) atoms. The fraction of sp³-hybridized carbons (Fsp3) is 0.188. The molecule has 0 aliphatic carbocycles. The molecule has 1 unspecified atom stereocenters. The number of carboxylic acid groups (broad SMARTS) is 1. The molecular weight excluding hydrogens is 339 g/mol. The molecular formula is C16H14BrFO3.